The summed E-state index contributed by atoms with van der Waals surface area (Å²) >= 11 is 1.34. The second-order valence-electron chi connectivity index (χ2n) is 4.65. The molecule has 5 heteroatoms. The van der Waals surface area contributed by atoms with Crippen molar-refractivity contribution in [3.63, 3.8) is 0 Å². The van der Waals surface area contributed by atoms with Crippen molar-refractivity contribution in [3.8, 4) is 0 Å². The van der Waals surface area contributed by atoms with E-state index in [2.05, 4.69) is 5.32 Å². The minimum Gasteiger partial charge on any atom is -0.399 e. The van der Waals surface area contributed by atoms with Crippen LogP contribution >= 0.6 is 11.8 Å². The van der Waals surface area contributed by atoms with Crippen molar-refractivity contribution in [1.29, 1.82) is 0 Å². The molecular formula is C16H17FN2OS. The molecule has 3 nitrogen and oxygen atoms in total. The van der Waals surface area contributed by atoms with E-state index in [9.17, 15) is 9.18 Å². The van der Waals surface area contributed by atoms with Crippen LogP contribution in [0.1, 0.15) is 12.0 Å². The monoisotopic (exact) mass is 304 g/mol. The van der Waals surface area contributed by atoms with Gasteiger partial charge in [0, 0.05) is 28.4 Å². The molecule has 0 aliphatic heterocycles. The van der Waals surface area contributed by atoms with Crippen molar-refractivity contribution in [2.24, 2.45) is 0 Å². The van der Waals surface area contributed by atoms with E-state index >= 15 is 0 Å². The van der Waals surface area contributed by atoms with Crippen molar-refractivity contribution in [2.75, 3.05) is 16.8 Å². The topological polar surface area (TPSA) is 55.1 Å². The molecule has 0 saturated carbocycles. The predicted molar refractivity (Wildman–Crippen MR) is 86.0 cm³/mol. The molecule has 0 spiro atoms. The zero-order valence-corrected chi connectivity index (χ0v) is 12.5. The molecule has 0 heterocycles. The van der Waals surface area contributed by atoms with Crippen molar-refractivity contribution < 1.29 is 9.18 Å². The molecule has 0 unspecified atom stereocenters. The Bertz CT molecular complexity index is 646. The summed E-state index contributed by atoms with van der Waals surface area (Å²) in [5, 5.41) is 2.84. The zero-order valence-electron chi connectivity index (χ0n) is 11.7. The fourth-order valence-electron chi connectivity index (χ4n) is 1.86. The van der Waals surface area contributed by atoms with Gasteiger partial charge in [-0.15, -0.1) is 11.8 Å². The Balaban J connectivity index is 1.84. The Kier molecular flexibility index (Phi) is 5.22. The van der Waals surface area contributed by atoms with E-state index in [1.54, 1.807) is 30.3 Å². The molecule has 0 atom stereocenters. The van der Waals surface area contributed by atoms with Crippen molar-refractivity contribution in [3.05, 3.63) is 53.8 Å². The average Bonchev–Trinajstić information content (AvgIpc) is 2.44. The number of rotatable bonds is 5. The van der Waals surface area contributed by atoms with Crippen LogP contribution in [0, 0.1) is 12.7 Å². The van der Waals surface area contributed by atoms with Gasteiger partial charge in [0.25, 0.3) is 0 Å². The van der Waals surface area contributed by atoms with Gasteiger partial charge in [0.15, 0.2) is 0 Å². The molecule has 0 fully saturated rings. The molecule has 0 aromatic heterocycles. The summed E-state index contributed by atoms with van der Waals surface area (Å²) in [6, 6.07) is 11.9. The fraction of sp³-hybridized carbons (Fsp3) is 0.188. The van der Waals surface area contributed by atoms with Crippen LogP contribution in [0.3, 0.4) is 0 Å². The lowest BCUT2D eigenvalue weighted by Crippen LogP contribution is -2.13. The summed E-state index contributed by atoms with van der Waals surface area (Å²) in [4.78, 5) is 12.4. The molecule has 2 aromatic rings. The van der Waals surface area contributed by atoms with Crippen LogP contribution in [0.2, 0.25) is 0 Å². The van der Waals surface area contributed by atoms with Crippen molar-refractivity contribution >= 4 is 29.0 Å². The number of carbonyl (C=O) groups excluding carboxylic acids is 1. The van der Waals surface area contributed by atoms with E-state index in [0.29, 0.717) is 22.8 Å². The van der Waals surface area contributed by atoms with E-state index in [4.69, 9.17) is 5.73 Å². The lowest BCUT2D eigenvalue weighted by Gasteiger charge is -2.09. The molecule has 21 heavy (non-hydrogen) atoms. The van der Waals surface area contributed by atoms with Crippen LogP contribution < -0.4 is 11.1 Å². The van der Waals surface area contributed by atoms with Gasteiger partial charge in [-0.25, -0.2) is 4.39 Å². The van der Waals surface area contributed by atoms with Gasteiger partial charge in [0.1, 0.15) is 5.82 Å². The number of benzene rings is 2. The Hall–Kier alpha value is -2.01. The normalized spacial score (nSPS) is 10.4. The predicted octanol–water partition coefficient (Wildman–Crippen LogP) is 3.84. The average molecular weight is 304 g/mol. The quantitative estimate of drug-likeness (QED) is 0.652. The van der Waals surface area contributed by atoms with Gasteiger partial charge in [0.2, 0.25) is 5.91 Å². The molecule has 0 saturated heterocycles. The fourth-order valence-corrected chi connectivity index (χ4v) is 2.74. The molecule has 3 N–H and O–H groups in total. The number of halogens is 1. The number of nitrogens with two attached hydrogens (primary N) is 1. The third kappa shape index (κ3) is 4.49. The van der Waals surface area contributed by atoms with Gasteiger partial charge >= 0.3 is 0 Å². The Labute approximate surface area is 127 Å². The minimum absolute atomic E-state index is 0.0910. The highest BCUT2D eigenvalue weighted by atomic mass is 32.2. The molecule has 2 aromatic carbocycles. The molecular weight excluding hydrogens is 287 g/mol. The highest BCUT2D eigenvalue weighted by Gasteiger charge is 2.07. The largest absolute Gasteiger partial charge is 0.399 e. The van der Waals surface area contributed by atoms with Crippen LogP contribution in [0.25, 0.3) is 0 Å². The number of aryl methyl sites for hydroxylation is 1. The number of anilines is 2. The Morgan fingerprint density at radius 1 is 1.29 bits per heavy atom. The maximum Gasteiger partial charge on any atom is 0.225 e. The number of nitrogens with one attached hydrogen (secondary N) is 1. The van der Waals surface area contributed by atoms with Crippen molar-refractivity contribution in [2.45, 2.75) is 18.2 Å². The summed E-state index contributed by atoms with van der Waals surface area (Å²) in [5.41, 5.74) is 8.01. The number of amides is 1. The first kappa shape index (κ1) is 15.4. The third-order valence-electron chi connectivity index (χ3n) is 2.95. The highest BCUT2D eigenvalue weighted by Crippen LogP contribution is 2.22. The third-order valence-corrected chi connectivity index (χ3v) is 4.00. The van der Waals surface area contributed by atoms with Gasteiger partial charge < -0.3 is 11.1 Å². The maximum absolute atomic E-state index is 13.4. The molecule has 1 amide bonds. The zero-order chi connectivity index (χ0) is 15.2. The van der Waals surface area contributed by atoms with E-state index in [1.165, 1.54) is 17.8 Å². The Morgan fingerprint density at radius 3 is 2.76 bits per heavy atom. The number of thioether (sulfide) groups is 1. The molecule has 0 aliphatic rings. The molecule has 0 radical (unpaired) electrons. The highest BCUT2D eigenvalue weighted by molar-refractivity contribution is 7.99. The van der Waals surface area contributed by atoms with Gasteiger partial charge in [-0.3, -0.25) is 4.79 Å². The number of carbonyl (C=O) groups is 1. The van der Waals surface area contributed by atoms with E-state index in [-0.39, 0.29) is 11.7 Å². The summed E-state index contributed by atoms with van der Waals surface area (Å²) in [6.07, 6.45) is 0.322. The van der Waals surface area contributed by atoms with Crippen LogP contribution in [-0.4, -0.2) is 11.7 Å². The second kappa shape index (κ2) is 7.13. The van der Waals surface area contributed by atoms with Crippen LogP contribution in [0.5, 0.6) is 0 Å². The van der Waals surface area contributed by atoms with E-state index in [1.807, 2.05) is 13.0 Å². The maximum atomic E-state index is 13.4. The van der Waals surface area contributed by atoms with Crippen LogP contribution in [0.4, 0.5) is 15.8 Å². The standard InChI is InChI=1S/C16H17FN2OS/c1-11-10-12(18)6-7-14(11)19-16(20)8-9-21-15-5-3-2-4-13(15)17/h2-7,10H,8-9,18H2,1H3,(H,19,20). The summed E-state index contributed by atoms with van der Waals surface area (Å²) in [5.74, 6) is 0.185. The first-order valence-corrected chi connectivity index (χ1v) is 7.58. The molecule has 0 bridgehead atoms. The number of nitrogen functional groups attached to an aromatic ring is 1. The van der Waals surface area contributed by atoms with Gasteiger partial charge in [-0.1, -0.05) is 12.1 Å². The van der Waals surface area contributed by atoms with E-state index in [0.717, 1.165) is 11.3 Å². The Morgan fingerprint density at radius 2 is 2.05 bits per heavy atom. The smallest absolute Gasteiger partial charge is 0.225 e. The first-order chi connectivity index (χ1) is 10.1. The minimum atomic E-state index is -0.253. The lowest BCUT2D eigenvalue weighted by molar-refractivity contribution is -0.115. The molecule has 0 aliphatic carbocycles. The SMILES string of the molecule is Cc1cc(N)ccc1NC(=O)CCSc1ccccc1F. The van der Waals surface area contributed by atoms with Gasteiger partial charge in [0.05, 0.1) is 0 Å². The molecule has 110 valence electrons. The lowest BCUT2D eigenvalue weighted by atomic mass is 10.2. The first-order valence-electron chi connectivity index (χ1n) is 6.59. The number of hydrogen-bond donors (Lipinski definition) is 2. The van der Waals surface area contributed by atoms with Gasteiger partial charge in [-0.2, -0.15) is 0 Å². The second-order valence-corrected chi connectivity index (χ2v) is 5.79. The van der Waals surface area contributed by atoms with Crippen molar-refractivity contribution in [1.82, 2.24) is 0 Å². The van der Waals surface area contributed by atoms with Crippen LogP contribution in [0.15, 0.2) is 47.4 Å². The summed E-state index contributed by atoms with van der Waals surface area (Å²) in [6.45, 7) is 1.89. The summed E-state index contributed by atoms with van der Waals surface area (Å²) < 4.78 is 13.4. The molecule has 2 rings (SSSR count). The van der Waals surface area contributed by atoms with E-state index < -0.39 is 0 Å². The number of hydrogen-bond acceptors (Lipinski definition) is 3. The summed E-state index contributed by atoms with van der Waals surface area (Å²) in [7, 11) is 0. The van der Waals surface area contributed by atoms with Gasteiger partial charge in [-0.05, 0) is 42.8 Å². The van der Waals surface area contributed by atoms with Crippen LogP contribution in [-0.2, 0) is 4.79 Å².